The zero-order chi connectivity index (χ0) is 26.5. The third kappa shape index (κ3) is 4.80. The van der Waals surface area contributed by atoms with E-state index in [0.29, 0.717) is 5.56 Å². The van der Waals surface area contributed by atoms with Crippen molar-refractivity contribution in [1.29, 1.82) is 0 Å². The van der Waals surface area contributed by atoms with E-state index >= 15 is 0 Å². The van der Waals surface area contributed by atoms with Gasteiger partial charge >= 0.3 is 0 Å². The number of anilines is 1. The summed E-state index contributed by atoms with van der Waals surface area (Å²) in [6.07, 6.45) is 1.72. The van der Waals surface area contributed by atoms with Crippen LogP contribution in [0.25, 0.3) is 20.8 Å². The van der Waals surface area contributed by atoms with Crippen molar-refractivity contribution in [2.75, 3.05) is 5.32 Å². The number of hydrogen-bond donors (Lipinski definition) is 2. The summed E-state index contributed by atoms with van der Waals surface area (Å²) in [5.41, 5.74) is 6.17. The highest BCUT2D eigenvalue weighted by atomic mass is 32.1. The minimum atomic E-state index is -0.213. The zero-order valence-corrected chi connectivity index (χ0v) is 23.7. The predicted molar refractivity (Wildman–Crippen MR) is 161 cm³/mol. The summed E-state index contributed by atoms with van der Waals surface area (Å²) in [4.78, 5) is 19.8. The number of amides is 1. The van der Waals surface area contributed by atoms with Crippen LogP contribution in [0.4, 0.5) is 5.00 Å². The first kappa shape index (κ1) is 25.0. The van der Waals surface area contributed by atoms with Gasteiger partial charge in [-0.1, -0.05) is 54.6 Å². The maximum atomic E-state index is 13.5. The molecule has 2 aromatic heterocycles. The molecule has 5 aromatic rings. The lowest BCUT2D eigenvalue weighted by Crippen LogP contribution is -2.54. The molecule has 38 heavy (non-hydrogen) atoms. The number of nitrogens with one attached hydrogen (secondary N) is 2. The second kappa shape index (κ2) is 9.45. The minimum absolute atomic E-state index is 0.0706. The van der Waals surface area contributed by atoms with Gasteiger partial charge in [0.25, 0.3) is 5.91 Å². The van der Waals surface area contributed by atoms with E-state index in [2.05, 4.69) is 74.7 Å². The van der Waals surface area contributed by atoms with Crippen LogP contribution in [0.15, 0.2) is 78.9 Å². The number of aromatic nitrogens is 1. The first-order valence-electron chi connectivity index (χ1n) is 12.9. The quantitative estimate of drug-likeness (QED) is 0.239. The van der Waals surface area contributed by atoms with Gasteiger partial charge in [-0.3, -0.25) is 4.79 Å². The van der Waals surface area contributed by atoms with Crippen molar-refractivity contribution in [3.8, 4) is 10.6 Å². The van der Waals surface area contributed by atoms with Crippen LogP contribution in [0.5, 0.6) is 0 Å². The second-order valence-corrected chi connectivity index (χ2v) is 13.3. The van der Waals surface area contributed by atoms with E-state index in [1.165, 1.54) is 21.6 Å². The van der Waals surface area contributed by atoms with E-state index in [1.54, 1.807) is 22.7 Å². The Morgan fingerprint density at radius 1 is 0.895 bits per heavy atom. The topological polar surface area (TPSA) is 54.0 Å². The fourth-order valence-corrected chi connectivity index (χ4v) is 7.98. The molecular formula is C32H31N3OS2. The lowest BCUT2D eigenvalue weighted by molar-refractivity contribution is 0.102. The third-order valence-corrected chi connectivity index (χ3v) is 9.57. The maximum Gasteiger partial charge on any atom is 0.256 e. The van der Waals surface area contributed by atoms with Crippen molar-refractivity contribution < 1.29 is 4.79 Å². The van der Waals surface area contributed by atoms with Crippen LogP contribution in [0.2, 0.25) is 0 Å². The molecule has 0 saturated heterocycles. The Balaban J connectivity index is 1.36. The molecule has 3 heterocycles. The number of benzene rings is 3. The van der Waals surface area contributed by atoms with Gasteiger partial charge in [-0.15, -0.1) is 22.7 Å². The van der Waals surface area contributed by atoms with Gasteiger partial charge in [-0.05, 0) is 81.5 Å². The van der Waals surface area contributed by atoms with Crippen molar-refractivity contribution in [3.63, 3.8) is 0 Å². The van der Waals surface area contributed by atoms with Gasteiger partial charge in [-0.25, -0.2) is 4.98 Å². The van der Waals surface area contributed by atoms with Crippen molar-refractivity contribution >= 4 is 43.8 Å². The molecule has 2 N–H and O–H groups in total. The molecule has 0 bridgehead atoms. The molecule has 0 fully saturated rings. The molecule has 0 atom stereocenters. The van der Waals surface area contributed by atoms with E-state index in [-0.39, 0.29) is 17.0 Å². The van der Waals surface area contributed by atoms with E-state index in [0.717, 1.165) is 38.6 Å². The summed E-state index contributed by atoms with van der Waals surface area (Å²) >= 11 is 3.37. The number of nitrogens with zero attached hydrogens (tertiary/aromatic N) is 1. The number of para-hydroxylation sites is 1. The molecule has 192 valence electrons. The molecule has 0 saturated carbocycles. The summed E-state index contributed by atoms with van der Waals surface area (Å²) in [6.45, 7) is 8.93. The first-order valence-corrected chi connectivity index (χ1v) is 14.6. The summed E-state index contributed by atoms with van der Waals surface area (Å²) in [6, 6.07) is 26.6. The lowest BCUT2D eigenvalue weighted by atomic mass is 9.81. The SMILES string of the molecule is CC1(C)Cc2c(sc(NC(=O)c3ccc(Cc4ccccc4)cc3)c2-c2nc3ccccc3s2)C(C)(C)N1. The Morgan fingerprint density at radius 3 is 2.32 bits per heavy atom. The number of fused-ring (bicyclic) bond motifs is 2. The summed E-state index contributed by atoms with van der Waals surface area (Å²) < 4.78 is 1.15. The normalized spacial score (nSPS) is 15.8. The standard InChI is InChI=1S/C32H31N3OS2/c1-31(2)19-23-26(29-33-24-12-8-9-13-25(24)37-29)30(38-27(23)32(3,4)35-31)34-28(36)22-16-14-21(15-17-22)18-20-10-6-5-7-11-20/h5-17,35H,18-19H2,1-4H3,(H,34,36). The van der Waals surface area contributed by atoms with Crippen molar-refractivity contribution in [2.24, 2.45) is 0 Å². The van der Waals surface area contributed by atoms with Crippen LogP contribution in [0, 0.1) is 0 Å². The molecule has 0 aliphatic carbocycles. The molecule has 1 aliphatic rings. The van der Waals surface area contributed by atoms with Crippen molar-refractivity contribution in [2.45, 2.75) is 51.6 Å². The summed E-state index contributed by atoms with van der Waals surface area (Å²) in [5, 5.41) is 8.92. The van der Waals surface area contributed by atoms with Crippen LogP contribution >= 0.6 is 22.7 Å². The molecule has 1 aliphatic heterocycles. The van der Waals surface area contributed by atoms with E-state index in [9.17, 15) is 4.79 Å². The smallest absolute Gasteiger partial charge is 0.256 e. The Labute approximate surface area is 231 Å². The average Bonchev–Trinajstić information content (AvgIpc) is 3.45. The Hall–Kier alpha value is -3.32. The third-order valence-electron chi connectivity index (χ3n) is 7.05. The number of thiophene rings is 1. The van der Waals surface area contributed by atoms with E-state index in [1.807, 2.05) is 42.5 Å². The molecule has 4 nitrogen and oxygen atoms in total. The zero-order valence-electron chi connectivity index (χ0n) is 22.1. The van der Waals surface area contributed by atoms with Gasteiger partial charge in [0, 0.05) is 27.1 Å². The van der Waals surface area contributed by atoms with E-state index in [4.69, 9.17) is 4.98 Å². The number of thiazole rings is 1. The highest BCUT2D eigenvalue weighted by Gasteiger charge is 2.41. The maximum absolute atomic E-state index is 13.5. The van der Waals surface area contributed by atoms with Crippen molar-refractivity contribution in [1.82, 2.24) is 10.3 Å². The van der Waals surface area contributed by atoms with Gasteiger partial charge in [0.15, 0.2) is 0 Å². The summed E-state index contributed by atoms with van der Waals surface area (Å²) in [7, 11) is 0. The molecular weight excluding hydrogens is 507 g/mol. The second-order valence-electron chi connectivity index (χ2n) is 11.2. The Morgan fingerprint density at radius 2 is 1.58 bits per heavy atom. The van der Waals surface area contributed by atoms with Crippen LogP contribution < -0.4 is 10.6 Å². The fourth-order valence-electron chi connectivity index (χ4n) is 5.60. The molecule has 6 heteroatoms. The van der Waals surface area contributed by atoms with Crippen LogP contribution in [-0.4, -0.2) is 16.4 Å². The minimum Gasteiger partial charge on any atom is -0.313 e. The molecule has 0 radical (unpaired) electrons. The Kier molecular flexibility index (Phi) is 6.22. The number of rotatable bonds is 5. The Bertz CT molecular complexity index is 1600. The highest BCUT2D eigenvalue weighted by Crippen LogP contribution is 2.50. The van der Waals surface area contributed by atoms with Crippen LogP contribution in [0.1, 0.15) is 59.6 Å². The fraction of sp³-hybridized carbons (Fsp3) is 0.250. The first-order chi connectivity index (χ1) is 18.2. The van der Waals surface area contributed by atoms with Gasteiger partial charge in [0.05, 0.1) is 10.2 Å². The largest absolute Gasteiger partial charge is 0.313 e. The molecule has 6 rings (SSSR count). The lowest BCUT2D eigenvalue weighted by Gasteiger charge is -2.42. The molecule has 0 spiro atoms. The average molecular weight is 538 g/mol. The van der Waals surface area contributed by atoms with Gasteiger partial charge in [0.1, 0.15) is 10.0 Å². The van der Waals surface area contributed by atoms with Crippen molar-refractivity contribution in [3.05, 3.63) is 106 Å². The predicted octanol–water partition coefficient (Wildman–Crippen LogP) is 8.03. The number of hydrogen-bond acceptors (Lipinski definition) is 5. The van der Waals surface area contributed by atoms with Crippen LogP contribution in [0.3, 0.4) is 0 Å². The van der Waals surface area contributed by atoms with Gasteiger partial charge < -0.3 is 10.6 Å². The van der Waals surface area contributed by atoms with E-state index < -0.39 is 0 Å². The van der Waals surface area contributed by atoms with Crippen LogP contribution in [-0.2, 0) is 18.4 Å². The monoisotopic (exact) mass is 537 g/mol. The van der Waals surface area contributed by atoms with Gasteiger partial charge in [-0.2, -0.15) is 0 Å². The molecule has 0 unspecified atom stereocenters. The number of carbonyl (C=O) groups is 1. The molecule has 3 aromatic carbocycles. The van der Waals surface area contributed by atoms with Gasteiger partial charge in [0.2, 0.25) is 0 Å². The highest BCUT2D eigenvalue weighted by molar-refractivity contribution is 7.23. The molecule has 1 amide bonds. The summed E-state index contributed by atoms with van der Waals surface area (Å²) in [5.74, 6) is -0.0951. The number of carbonyl (C=O) groups excluding carboxylic acids is 1.